The molecule has 4 aliphatic rings. The van der Waals surface area contributed by atoms with E-state index in [4.69, 9.17) is 0 Å². The maximum atomic E-state index is 13.2. The topological polar surface area (TPSA) is 161 Å². The van der Waals surface area contributed by atoms with Crippen LogP contribution in [-0.4, -0.2) is 124 Å². The summed E-state index contributed by atoms with van der Waals surface area (Å²) in [5.74, 6) is 1.38. The fourth-order valence-electron chi connectivity index (χ4n) is 8.18. The van der Waals surface area contributed by atoms with Gasteiger partial charge in [-0.15, -0.1) is 22.0 Å². The van der Waals surface area contributed by atoms with E-state index in [0.717, 1.165) is 118 Å². The molecule has 0 radical (unpaired) electrons. The average Bonchev–Trinajstić information content (AvgIpc) is 3.59. The molecule has 0 spiro atoms. The molecule has 306 valence electrons. The number of aromatic nitrogens is 3. The number of pyridine rings is 1. The van der Waals surface area contributed by atoms with Crippen LogP contribution >= 0.6 is 11.8 Å². The van der Waals surface area contributed by atoms with Crippen LogP contribution in [0.25, 0.3) is 6.08 Å². The number of imide groups is 1. The standard InChI is InChI=1S/C43H53N9O5S/c53-39(15-11-32-8-6-19-44-29-32)45-20-2-1-7-31-17-22-51(23-18-31)43(57)35-12-14-38(48-47-35)50-26-24-49(25-27-50)21-3-4-28-58-37-10-5-9-33-34(37)30-52(42(33)56)36-13-16-40(54)46-41(36)55/h5-6,8-12,14-15,19,29,31,36H,1-4,7,13,16-18,20-28,30H2,(H,45,53)(H,46,54,55)/b15-11+. The summed E-state index contributed by atoms with van der Waals surface area (Å²) >= 11 is 1.76. The molecule has 5 amide bonds. The van der Waals surface area contributed by atoms with E-state index in [0.29, 0.717) is 36.7 Å². The lowest BCUT2D eigenvalue weighted by Gasteiger charge is -2.35. The summed E-state index contributed by atoms with van der Waals surface area (Å²) in [5, 5.41) is 14.1. The summed E-state index contributed by atoms with van der Waals surface area (Å²) in [6, 6.07) is 12.7. The van der Waals surface area contributed by atoms with Gasteiger partial charge in [-0.1, -0.05) is 25.0 Å². The third-order valence-corrected chi connectivity index (χ3v) is 12.8. The lowest BCUT2D eigenvalue weighted by molar-refractivity contribution is -0.137. The van der Waals surface area contributed by atoms with Crippen molar-refractivity contribution in [2.75, 3.05) is 63.0 Å². The van der Waals surface area contributed by atoms with Crippen LogP contribution in [0.1, 0.15) is 89.8 Å². The number of benzene rings is 1. The Morgan fingerprint density at radius 1 is 0.897 bits per heavy atom. The molecule has 4 aliphatic heterocycles. The highest BCUT2D eigenvalue weighted by Gasteiger charge is 2.40. The number of anilines is 1. The summed E-state index contributed by atoms with van der Waals surface area (Å²) < 4.78 is 0. The van der Waals surface area contributed by atoms with Crippen LogP contribution in [-0.2, 0) is 20.9 Å². The van der Waals surface area contributed by atoms with Crippen molar-refractivity contribution >= 4 is 53.2 Å². The number of amides is 5. The highest BCUT2D eigenvalue weighted by atomic mass is 32.2. The number of unbranched alkanes of at least 4 members (excludes halogenated alkanes) is 2. The predicted octanol–water partition coefficient (Wildman–Crippen LogP) is 4.18. The Kier molecular flexibility index (Phi) is 14.2. The van der Waals surface area contributed by atoms with Crippen molar-refractivity contribution in [2.24, 2.45) is 5.92 Å². The van der Waals surface area contributed by atoms with E-state index in [1.807, 2.05) is 41.3 Å². The Balaban J connectivity index is 0.749. The number of piperidine rings is 2. The van der Waals surface area contributed by atoms with Gasteiger partial charge in [-0.25, -0.2) is 0 Å². The molecule has 6 heterocycles. The second-order valence-corrected chi connectivity index (χ2v) is 16.6. The number of thioether (sulfide) groups is 1. The fourth-order valence-corrected chi connectivity index (χ4v) is 9.27. The molecular formula is C43H53N9O5S. The van der Waals surface area contributed by atoms with Crippen molar-refractivity contribution < 1.29 is 24.0 Å². The van der Waals surface area contributed by atoms with Gasteiger partial charge in [0.05, 0.1) is 0 Å². The minimum Gasteiger partial charge on any atom is -0.353 e. The van der Waals surface area contributed by atoms with Gasteiger partial charge in [0.2, 0.25) is 17.7 Å². The smallest absolute Gasteiger partial charge is 0.274 e. The highest BCUT2D eigenvalue weighted by molar-refractivity contribution is 7.99. The van der Waals surface area contributed by atoms with E-state index in [-0.39, 0.29) is 36.0 Å². The van der Waals surface area contributed by atoms with Crippen molar-refractivity contribution in [1.29, 1.82) is 0 Å². The fraction of sp³-hybridized carbons (Fsp3) is 0.488. The second kappa shape index (κ2) is 20.0. The largest absolute Gasteiger partial charge is 0.353 e. The Morgan fingerprint density at radius 2 is 1.74 bits per heavy atom. The van der Waals surface area contributed by atoms with E-state index >= 15 is 0 Å². The van der Waals surface area contributed by atoms with Crippen molar-refractivity contribution in [2.45, 2.75) is 75.3 Å². The van der Waals surface area contributed by atoms with Crippen molar-refractivity contribution in [3.63, 3.8) is 0 Å². The van der Waals surface area contributed by atoms with E-state index in [1.165, 1.54) is 0 Å². The molecule has 3 fully saturated rings. The number of piperazine rings is 1. The molecule has 58 heavy (non-hydrogen) atoms. The van der Waals surface area contributed by atoms with Gasteiger partial charge in [-0.2, -0.15) is 0 Å². The normalized spacial score (nSPS) is 19.1. The first kappa shape index (κ1) is 41.0. The van der Waals surface area contributed by atoms with Gasteiger partial charge in [0, 0.05) is 87.7 Å². The number of hydrogen-bond acceptors (Lipinski definition) is 11. The number of nitrogens with one attached hydrogen (secondary N) is 2. The number of fused-ring (bicyclic) bond motifs is 1. The molecule has 2 aromatic heterocycles. The van der Waals surface area contributed by atoms with Gasteiger partial charge < -0.3 is 20.0 Å². The molecule has 0 aliphatic carbocycles. The number of hydrogen-bond donors (Lipinski definition) is 2. The summed E-state index contributed by atoms with van der Waals surface area (Å²) in [7, 11) is 0. The van der Waals surface area contributed by atoms with Gasteiger partial charge in [-0.3, -0.25) is 39.2 Å². The van der Waals surface area contributed by atoms with E-state index < -0.39 is 6.04 Å². The second-order valence-electron chi connectivity index (χ2n) is 15.5. The zero-order chi connectivity index (χ0) is 40.3. The molecule has 3 aromatic rings. The van der Waals surface area contributed by atoms with E-state index in [9.17, 15) is 24.0 Å². The van der Waals surface area contributed by atoms with Gasteiger partial charge in [-0.05, 0) is 104 Å². The lowest BCUT2D eigenvalue weighted by atomic mass is 9.91. The maximum Gasteiger partial charge on any atom is 0.274 e. The Labute approximate surface area is 344 Å². The average molecular weight is 808 g/mol. The van der Waals surface area contributed by atoms with E-state index in [1.54, 1.807) is 41.2 Å². The number of carbonyl (C=O) groups is 5. The maximum absolute atomic E-state index is 13.2. The summed E-state index contributed by atoms with van der Waals surface area (Å²) in [4.78, 5) is 75.9. The molecule has 1 atom stereocenters. The molecule has 1 unspecified atom stereocenters. The summed E-state index contributed by atoms with van der Waals surface area (Å²) in [5.41, 5.74) is 2.93. The Bertz CT molecular complexity index is 1950. The molecule has 1 aromatic carbocycles. The van der Waals surface area contributed by atoms with E-state index in [2.05, 4.69) is 41.7 Å². The number of rotatable bonds is 16. The molecular weight excluding hydrogens is 755 g/mol. The molecule has 15 heteroatoms. The third-order valence-electron chi connectivity index (χ3n) is 11.6. The minimum atomic E-state index is -0.602. The Hall–Kier alpha value is -5.15. The van der Waals surface area contributed by atoms with Gasteiger partial charge in [0.15, 0.2) is 11.5 Å². The highest BCUT2D eigenvalue weighted by Crippen LogP contribution is 2.35. The summed E-state index contributed by atoms with van der Waals surface area (Å²) in [6.45, 7) is 7.11. The monoisotopic (exact) mass is 807 g/mol. The van der Waals surface area contributed by atoms with Crippen LogP contribution in [0.4, 0.5) is 5.82 Å². The predicted molar refractivity (Wildman–Crippen MR) is 222 cm³/mol. The van der Waals surface area contributed by atoms with Crippen molar-refractivity contribution in [3.8, 4) is 0 Å². The molecule has 2 N–H and O–H groups in total. The SMILES string of the molecule is O=C(/C=C/c1cccnc1)NCCCCC1CCN(C(=O)c2ccc(N3CCN(CCCCSc4cccc5c4CN(C4CCC(=O)NC4=O)C5=O)CC3)nn2)CC1. The molecule has 0 saturated carbocycles. The first-order valence-electron chi connectivity index (χ1n) is 20.7. The van der Waals surface area contributed by atoms with Crippen molar-refractivity contribution in [1.82, 2.24) is 40.5 Å². The minimum absolute atomic E-state index is 0.0538. The van der Waals surface area contributed by atoms with Crippen LogP contribution in [0.3, 0.4) is 0 Å². The lowest BCUT2D eigenvalue weighted by Crippen LogP contribution is -2.52. The van der Waals surface area contributed by atoms with Crippen LogP contribution in [0, 0.1) is 5.92 Å². The number of carbonyl (C=O) groups excluding carboxylic acids is 5. The number of nitrogens with zero attached hydrogens (tertiary/aromatic N) is 7. The first-order chi connectivity index (χ1) is 28.3. The number of likely N-dealkylation sites (tertiary alicyclic amines) is 1. The van der Waals surface area contributed by atoms with Crippen molar-refractivity contribution in [3.05, 3.63) is 83.3 Å². The van der Waals surface area contributed by atoms with Gasteiger partial charge >= 0.3 is 0 Å². The first-order valence-corrected chi connectivity index (χ1v) is 21.7. The van der Waals surface area contributed by atoms with Gasteiger partial charge in [0.25, 0.3) is 11.8 Å². The van der Waals surface area contributed by atoms with Crippen LogP contribution in [0.5, 0.6) is 0 Å². The van der Waals surface area contributed by atoms with Crippen LogP contribution in [0.2, 0.25) is 0 Å². The van der Waals surface area contributed by atoms with Crippen LogP contribution in [0.15, 0.2) is 65.8 Å². The molecule has 3 saturated heterocycles. The quantitative estimate of drug-likeness (QED) is 0.0926. The van der Waals surface area contributed by atoms with Gasteiger partial charge in [0.1, 0.15) is 6.04 Å². The zero-order valence-corrected chi connectivity index (χ0v) is 33.8. The molecule has 0 bridgehead atoms. The third kappa shape index (κ3) is 10.7. The van der Waals surface area contributed by atoms with Crippen LogP contribution < -0.4 is 15.5 Å². The molecule has 7 rings (SSSR count). The zero-order valence-electron chi connectivity index (χ0n) is 33.0. The summed E-state index contributed by atoms with van der Waals surface area (Å²) in [6.07, 6.45) is 14.5. The molecule has 14 nitrogen and oxygen atoms in total. The Morgan fingerprint density at radius 3 is 2.50 bits per heavy atom.